The van der Waals surface area contributed by atoms with E-state index in [0.29, 0.717) is 12.2 Å². The molecule has 128 valence electrons. The predicted octanol–water partition coefficient (Wildman–Crippen LogP) is 3.31. The van der Waals surface area contributed by atoms with Crippen molar-refractivity contribution in [2.24, 2.45) is 0 Å². The minimum Gasteiger partial charge on any atom is -0.342 e. The fourth-order valence-corrected chi connectivity index (χ4v) is 2.93. The van der Waals surface area contributed by atoms with E-state index in [1.165, 1.54) is 18.3 Å². The van der Waals surface area contributed by atoms with Crippen LogP contribution in [0.15, 0.2) is 29.6 Å². The molecule has 2 aromatic rings. The molecule has 1 heterocycles. The molecular formula is C17H22N4O2S. The van der Waals surface area contributed by atoms with Gasteiger partial charge in [-0.2, -0.15) is 0 Å². The monoisotopic (exact) mass is 346 g/mol. The van der Waals surface area contributed by atoms with E-state index in [4.69, 9.17) is 0 Å². The molecule has 1 aromatic carbocycles. The van der Waals surface area contributed by atoms with Gasteiger partial charge in [0.25, 0.3) is 0 Å². The number of hydrogen-bond acceptors (Lipinski definition) is 4. The zero-order valence-electron chi connectivity index (χ0n) is 14.3. The number of carbonyl (C=O) groups is 2. The van der Waals surface area contributed by atoms with Gasteiger partial charge in [-0.3, -0.25) is 4.79 Å². The Hall–Kier alpha value is -2.41. The lowest BCUT2D eigenvalue weighted by molar-refractivity contribution is -0.128. The fraction of sp³-hybridized carbons (Fsp3) is 0.353. The van der Waals surface area contributed by atoms with Gasteiger partial charge in [0, 0.05) is 37.3 Å². The van der Waals surface area contributed by atoms with Gasteiger partial charge in [0.15, 0.2) is 0 Å². The maximum atomic E-state index is 12.1. The molecule has 0 fully saturated rings. The smallest absolute Gasteiger partial charge is 0.319 e. The van der Waals surface area contributed by atoms with Crippen LogP contribution in [-0.4, -0.2) is 28.9 Å². The third-order valence-electron chi connectivity index (χ3n) is 3.50. The number of anilines is 1. The summed E-state index contributed by atoms with van der Waals surface area (Å²) in [5, 5.41) is 8.52. The van der Waals surface area contributed by atoms with Gasteiger partial charge in [-0.25, -0.2) is 9.78 Å². The van der Waals surface area contributed by atoms with Crippen LogP contribution < -0.4 is 10.6 Å². The van der Waals surface area contributed by atoms with Crippen molar-refractivity contribution in [2.75, 3.05) is 12.4 Å². The van der Waals surface area contributed by atoms with Gasteiger partial charge < -0.3 is 15.5 Å². The van der Waals surface area contributed by atoms with E-state index >= 15 is 0 Å². The second kappa shape index (κ2) is 7.92. The minimum absolute atomic E-state index is 0.00123. The van der Waals surface area contributed by atoms with Crippen molar-refractivity contribution >= 4 is 29.0 Å². The number of amides is 3. The van der Waals surface area contributed by atoms with Gasteiger partial charge in [0.1, 0.15) is 5.01 Å². The number of nitrogens with zero attached hydrogens (tertiary/aromatic N) is 2. The first-order valence-corrected chi connectivity index (χ1v) is 8.53. The fourth-order valence-electron chi connectivity index (χ4n) is 2.13. The molecule has 1 atom stereocenters. The zero-order valence-corrected chi connectivity index (χ0v) is 15.1. The van der Waals surface area contributed by atoms with Gasteiger partial charge in [-0.1, -0.05) is 12.1 Å². The van der Waals surface area contributed by atoms with E-state index in [1.807, 2.05) is 43.5 Å². The molecular weight excluding hydrogens is 324 g/mol. The first-order valence-electron chi connectivity index (χ1n) is 7.65. The zero-order chi connectivity index (χ0) is 17.7. The molecule has 0 saturated heterocycles. The Bertz CT molecular complexity index is 729. The molecule has 24 heavy (non-hydrogen) atoms. The van der Waals surface area contributed by atoms with Crippen molar-refractivity contribution < 1.29 is 9.59 Å². The number of nitrogens with one attached hydrogen (secondary N) is 2. The first-order chi connectivity index (χ1) is 11.3. The highest BCUT2D eigenvalue weighted by molar-refractivity contribution is 7.09. The van der Waals surface area contributed by atoms with E-state index in [-0.39, 0.29) is 18.0 Å². The van der Waals surface area contributed by atoms with Crippen LogP contribution in [0.1, 0.15) is 36.2 Å². The van der Waals surface area contributed by atoms with Crippen LogP contribution in [0.25, 0.3) is 0 Å². The number of thiazole rings is 1. The minimum atomic E-state index is -0.285. The number of aryl methyl sites for hydroxylation is 1. The van der Waals surface area contributed by atoms with Crippen LogP contribution in [0.2, 0.25) is 0 Å². The summed E-state index contributed by atoms with van der Waals surface area (Å²) in [7, 11) is 1.74. The maximum Gasteiger partial charge on any atom is 0.319 e. The largest absolute Gasteiger partial charge is 0.342 e. The lowest BCUT2D eigenvalue weighted by atomic mass is 10.2. The van der Waals surface area contributed by atoms with Crippen molar-refractivity contribution in [3.05, 3.63) is 45.9 Å². The summed E-state index contributed by atoms with van der Waals surface area (Å²) in [6.07, 6.45) is 0. The molecule has 0 radical (unpaired) electrons. The number of urea groups is 1. The normalized spacial score (nSPS) is 11.7. The molecule has 1 unspecified atom stereocenters. The van der Waals surface area contributed by atoms with Crippen LogP contribution in [-0.2, 0) is 11.3 Å². The Balaban J connectivity index is 1.95. The molecule has 1 aromatic heterocycles. The Morgan fingerprint density at radius 3 is 2.75 bits per heavy atom. The van der Waals surface area contributed by atoms with Crippen molar-refractivity contribution in [1.82, 2.24) is 15.2 Å². The van der Waals surface area contributed by atoms with E-state index in [9.17, 15) is 9.59 Å². The second-order valence-electron chi connectivity index (χ2n) is 5.72. The van der Waals surface area contributed by atoms with Crippen molar-refractivity contribution in [3.8, 4) is 0 Å². The maximum absolute atomic E-state index is 12.1. The van der Waals surface area contributed by atoms with Gasteiger partial charge in [-0.05, 0) is 31.5 Å². The lowest BCUT2D eigenvalue weighted by Crippen LogP contribution is -2.31. The molecule has 0 aliphatic heterocycles. The lowest BCUT2D eigenvalue weighted by Gasteiger charge is -2.16. The number of benzene rings is 1. The van der Waals surface area contributed by atoms with Crippen LogP contribution in [0.3, 0.4) is 0 Å². The highest BCUT2D eigenvalue weighted by Gasteiger charge is 2.13. The molecule has 3 amide bonds. The molecule has 2 N–H and O–H groups in total. The highest BCUT2D eigenvalue weighted by Crippen LogP contribution is 2.18. The molecule has 0 aliphatic rings. The summed E-state index contributed by atoms with van der Waals surface area (Å²) < 4.78 is 0. The quantitative estimate of drug-likeness (QED) is 0.872. The first kappa shape index (κ1) is 17.9. The average Bonchev–Trinajstić information content (AvgIpc) is 2.94. The van der Waals surface area contributed by atoms with E-state index in [0.717, 1.165) is 16.3 Å². The third kappa shape index (κ3) is 5.06. The number of rotatable bonds is 5. The number of carbonyl (C=O) groups excluding carboxylic acids is 2. The van der Waals surface area contributed by atoms with E-state index in [2.05, 4.69) is 15.6 Å². The van der Waals surface area contributed by atoms with E-state index in [1.54, 1.807) is 11.9 Å². The second-order valence-corrected chi connectivity index (χ2v) is 6.61. The summed E-state index contributed by atoms with van der Waals surface area (Å²) in [5.41, 5.74) is 2.59. The summed E-state index contributed by atoms with van der Waals surface area (Å²) in [6, 6.07) is 7.01. The van der Waals surface area contributed by atoms with Crippen LogP contribution in [0.4, 0.5) is 10.5 Å². The number of hydrogen-bond donors (Lipinski definition) is 2. The Morgan fingerprint density at radius 1 is 1.38 bits per heavy atom. The Morgan fingerprint density at radius 2 is 2.12 bits per heavy atom. The molecule has 2 rings (SSSR count). The summed E-state index contributed by atoms with van der Waals surface area (Å²) in [6.45, 7) is 5.85. The average molecular weight is 346 g/mol. The Labute approximate surface area is 145 Å². The molecule has 0 spiro atoms. The molecule has 6 nitrogen and oxygen atoms in total. The molecule has 0 saturated carbocycles. The van der Waals surface area contributed by atoms with Crippen molar-refractivity contribution in [3.63, 3.8) is 0 Å². The van der Waals surface area contributed by atoms with Crippen LogP contribution in [0, 0.1) is 6.92 Å². The Kier molecular flexibility index (Phi) is 5.92. The summed E-state index contributed by atoms with van der Waals surface area (Å²) in [4.78, 5) is 29.4. The van der Waals surface area contributed by atoms with Gasteiger partial charge in [-0.15, -0.1) is 11.3 Å². The van der Waals surface area contributed by atoms with Crippen LogP contribution in [0.5, 0.6) is 0 Å². The van der Waals surface area contributed by atoms with Gasteiger partial charge >= 0.3 is 6.03 Å². The van der Waals surface area contributed by atoms with Crippen molar-refractivity contribution in [1.29, 1.82) is 0 Å². The summed E-state index contributed by atoms with van der Waals surface area (Å²) in [5.74, 6) is -0.00123. The topological polar surface area (TPSA) is 74.3 Å². The third-order valence-corrected chi connectivity index (χ3v) is 4.64. The molecule has 0 bridgehead atoms. The van der Waals surface area contributed by atoms with Crippen LogP contribution >= 0.6 is 11.3 Å². The standard InChI is InChI=1S/C17H22N4O2S/c1-11-10-24-16(18-11)12(2)19-17(23)20-15-7-5-6-14(8-15)9-21(4)13(3)22/h5-8,10,12H,9H2,1-4H3,(H2,19,20,23). The predicted molar refractivity (Wildman–Crippen MR) is 96.0 cm³/mol. The van der Waals surface area contributed by atoms with Crippen molar-refractivity contribution in [2.45, 2.75) is 33.4 Å². The highest BCUT2D eigenvalue weighted by atomic mass is 32.1. The van der Waals surface area contributed by atoms with Gasteiger partial charge in [0.05, 0.1) is 6.04 Å². The molecule has 0 aliphatic carbocycles. The van der Waals surface area contributed by atoms with E-state index < -0.39 is 0 Å². The number of aromatic nitrogens is 1. The summed E-state index contributed by atoms with van der Waals surface area (Å²) >= 11 is 1.53. The van der Waals surface area contributed by atoms with Gasteiger partial charge in [0.2, 0.25) is 5.91 Å². The SMILES string of the molecule is CC(=O)N(C)Cc1cccc(NC(=O)NC(C)c2nc(C)cs2)c1. The molecule has 7 heteroatoms.